The Labute approximate surface area is 176 Å². The predicted octanol–water partition coefficient (Wildman–Crippen LogP) is 2.75. The summed E-state index contributed by atoms with van der Waals surface area (Å²) in [6, 6.07) is 10.1. The van der Waals surface area contributed by atoms with Gasteiger partial charge >= 0.3 is 0 Å². The van der Waals surface area contributed by atoms with Crippen molar-refractivity contribution in [3.05, 3.63) is 58.6 Å². The van der Waals surface area contributed by atoms with Gasteiger partial charge in [0.1, 0.15) is 0 Å². The first-order valence-electron chi connectivity index (χ1n) is 8.60. The van der Waals surface area contributed by atoms with Crippen LogP contribution in [0.2, 0.25) is 5.02 Å². The second-order valence-electron chi connectivity index (χ2n) is 7.56. The van der Waals surface area contributed by atoms with Crippen LogP contribution in [0.5, 0.6) is 0 Å². The third-order valence-electron chi connectivity index (χ3n) is 3.75. The van der Waals surface area contributed by atoms with E-state index in [4.69, 9.17) is 11.6 Å². The van der Waals surface area contributed by atoms with Crippen LogP contribution in [0.3, 0.4) is 0 Å². The molecular formula is C19H23ClN2O5S2. The average molecular weight is 459 g/mol. The van der Waals surface area contributed by atoms with Crippen LogP contribution in [0.1, 0.15) is 36.7 Å². The zero-order valence-electron chi connectivity index (χ0n) is 16.5. The first-order valence-corrected chi connectivity index (χ1v) is 12.4. The molecule has 0 aliphatic rings. The highest BCUT2D eigenvalue weighted by Crippen LogP contribution is 2.22. The van der Waals surface area contributed by atoms with Gasteiger partial charge in [-0.3, -0.25) is 4.79 Å². The van der Waals surface area contributed by atoms with Crippen molar-refractivity contribution < 1.29 is 21.6 Å². The lowest BCUT2D eigenvalue weighted by Gasteiger charge is -2.21. The first-order chi connectivity index (χ1) is 13.2. The van der Waals surface area contributed by atoms with Crippen molar-refractivity contribution in [1.82, 2.24) is 10.0 Å². The molecule has 2 rings (SSSR count). The number of amides is 1. The maximum atomic E-state index is 12.7. The third kappa shape index (κ3) is 6.27. The third-order valence-corrected chi connectivity index (χ3v) is 7.05. The average Bonchev–Trinajstić information content (AvgIpc) is 2.57. The van der Waals surface area contributed by atoms with E-state index >= 15 is 0 Å². The molecule has 10 heteroatoms. The highest BCUT2D eigenvalue weighted by atomic mass is 35.5. The fourth-order valence-electron chi connectivity index (χ4n) is 2.55. The molecule has 29 heavy (non-hydrogen) atoms. The van der Waals surface area contributed by atoms with Crippen molar-refractivity contribution in [3.8, 4) is 0 Å². The smallest absolute Gasteiger partial charge is 0.253 e. The molecule has 0 fully saturated rings. The molecule has 0 unspecified atom stereocenters. The molecule has 0 saturated carbocycles. The van der Waals surface area contributed by atoms with Crippen LogP contribution >= 0.6 is 11.6 Å². The molecule has 0 atom stereocenters. The minimum atomic E-state index is -3.80. The Kier molecular flexibility index (Phi) is 6.79. The van der Waals surface area contributed by atoms with Gasteiger partial charge in [0.2, 0.25) is 10.0 Å². The number of sulfonamides is 1. The Morgan fingerprint density at radius 3 is 2.24 bits per heavy atom. The summed E-state index contributed by atoms with van der Waals surface area (Å²) in [6.07, 6.45) is 1.03. The number of hydrogen-bond acceptors (Lipinski definition) is 5. The van der Waals surface area contributed by atoms with Crippen molar-refractivity contribution in [2.75, 3.05) is 6.26 Å². The number of nitrogens with one attached hydrogen (secondary N) is 2. The van der Waals surface area contributed by atoms with E-state index in [0.29, 0.717) is 5.56 Å². The van der Waals surface area contributed by atoms with Gasteiger partial charge in [0.15, 0.2) is 9.84 Å². The summed E-state index contributed by atoms with van der Waals surface area (Å²) in [5.74, 6) is -0.614. The van der Waals surface area contributed by atoms with Gasteiger partial charge in [0, 0.05) is 18.3 Å². The standard InChI is InChI=1S/C19H23ClN2O5S2/c1-19(2,3)22-29(26,27)17-8-6-5-7-13(17)12-21-18(23)15-11-14(28(4,24)25)9-10-16(15)20/h5-11,22H,12H2,1-4H3,(H,21,23). The van der Waals surface area contributed by atoms with Crippen LogP contribution in [-0.2, 0) is 26.4 Å². The number of carbonyl (C=O) groups excluding carboxylic acids is 1. The molecule has 0 bridgehead atoms. The molecule has 0 aromatic heterocycles. The van der Waals surface area contributed by atoms with E-state index in [1.807, 2.05) is 0 Å². The van der Waals surface area contributed by atoms with Gasteiger partial charge in [0.25, 0.3) is 5.91 Å². The lowest BCUT2D eigenvalue weighted by molar-refractivity contribution is 0.0950. The second kappa shape index (κ2) is 8.43. The van der Waals surface area contributed by atoms with Gasteiger partial charge in [-0.15, -0.1) is 0 Å². The maximum absolute atomic E-state index is 12.7. The Morgan fingerprint density at radius 2 is 1.66 bits per heavy atom. The van der Waals surface area contributed by atoms with E-state index in [1.54, 1.807) is 39.0 Å². The summed E-state index contributed by atoms with van der Waals surface area (Å²) >= 11 is 6.04. The first kappa shape index (κ1) is 23.3. The van der Waals surface area contributed by atoms with Gasteiger partial charge in [0.05, 0.1) is 20.4 Å². The number of sulfone groups is 1. The Balaban J connectivity index is 2.29. The van der Waals surface area contributed by atoms with E-state index in [2.05, 4.69) is 10.0 Å². The fourth-order valence-corrected chi connectivity index (χ4v) is 5.06. The van der Waals surface area contributed by atoms with Crippen molar-refractivity contribution >= 4 is 37.4 Å². The van der Waals surface area contributed by atoms with Crippen molar-refractivity contribution in [3.63, 3.8) is 0 Å². The maximum Gasteiger partial charge on any atom is 0.253 e. The van der Waals surface area contributed by atoms with Crippen LogP contribution in [0.25, 0.3) is 0 Å². The van der Waals surface area contributed by atoms with E-state index in [1.165, 1.54) is 24.3 Å². The number of carbonyl (C=O) groups is 1. The van der Waals surface area contributed by atoms with Crippen LogP contribution < -0.4 is 10.0 Å². The van der Waals surface area contributed by atoms with Gasteiger partial charge in [-0.1, -0.05) is 29.8 Å². The SMILES string of the molecule is CC(C)(C)NS(=O)(=O)c1ccccc1CNC(=O)c1cc(S(C)(=O)=O)ccc1Cl. The zero-order valence-corrected chi connectivity index (χ0v) is 18.9. The predicted molar refractivity (Wildman–Crippen MR) is 112 cm³/mol. The van der Waals surface area contributed by atoms with Crippen molar-refractivity contribution in [2.24, 2.45) is 0 Å². The molecular weight excluding hydrogens is 436 g/mol. The molecule has 158 valence electrons. The Hall–Kier alpha value is -1.94. The van der Waals surface area contributed by atoms with E-state index in [9.17, 15) is 21.6 Å². The van der Waals surface area contributed by atoms with Crippen molar-refractivity contribution in [2.45, 2.75) is 42.6 Å². The number of benzene rings is 2. The molecule has 0 radical (unpaired) electrons. The molecule has 1 amide bonds. The Morgan fingerprint density at radius 1 is 1.03 bits per heavy atom. The monoisotopic (exact) mass is 458 g/mol. The highest BCUT2D eigenvalue weighted by molar-refractivity contribution is 7.90. The Bertz CT molecular complexity index is 1140. The number of rotatable bonds is 6. The molecule has 0 aliphatic heterocycles. The van der Waals surface area contributed by atoms with Crippen LogP contribution in [0.4, 0.5) is 0 Å². The number of hydrogen-bond donors (Lipinski definition) is 2. The molecule has 0 aliphatic carbocycles. The molecule has 0 saturated heterocycles. The second-order valence-corrected chi connectivity index (χ2v) is 11.6. The van der Waals surface area contributed by atoms with Crippen molar-refractivity contribution in [1.29, 1.82) is 0 Å². The molecule has 2 aromatic carbocycles. The minimum absolute atomic E-state index is 0.0113. The summed E-state index contributed by atoms with van der Waals surface area (Å²) in [7, 11) is -7.31. The van der Waals surface area contributed by atoms with E-state index in [-0.39, 0.29) is 26.9 Å². The normalized spacial score (nSPS) is 12.6. The van der Waals surface area contributed by atoms with Crippen LogP contribution in [0, 0.1) is 0 Å². The largest absolute Gasteiger partial charge is 0.348 e. The summed E-state index contributed by atoms with van der Waals surface area (Å²) in [5, 5.41) is 2.69. The van der Waals surface area contributed by atoms with Crippen LogP contribution in [-0.4, -0.2) is 34.5 Å². The minimum Gasteiger partial charge on any atom is -0.348 e. The topological polar surface area (TPSA) is 109 Å². The molecule has 7 nitrogen and oxygen atoms in total. The molecule has 0 heterocycles. The zero-order chi connectivity index (χ0) is 22.0. The van der Waals surface area contributed by atoms with Gasteiger partial charge in [-0.2, -0.15) is 0 Å². The summed E-state index contributed by atoms with van der Waals surface area (Å²) < 4.78 is 51.4. The molecule has 2 aromatic rings. The summed E-state index contributed by atoms with van der Waals surface area (Å²) in [5.41, 5.74) is -0.301. The lowest BCUT2D eigenvalue weighted by Crippen LogP contribution is -2.41. The lowest BCUT2D eigenvalue weighted by atomic mass is 10.1. The molecule has 0 spiro atoms. The fraction of sp³-hybridized carbons (Fsp3) is 0.316. The summed E-state index contributed by atoms with van der Waals surface area (Å²) in [6.45, 7) is 5.10. The van der Waals surface area contributed by atoms with Gasteiger partial charge in [-0.25, -0.2) is 21.6 Å². The van der Waals surface area contributed by atoms with E-state index < -0.39 is 31.3 Å². The highest BCUT2D eigenvalue weighted by Gasteiger charge is 2.24. The molecule has 2 N–H and O–H groups in total. The van der Waals surface area contributed by atoms with E-state index in [0.717, 1.165) is 6.26 Å². The van der Waals surface area contributed by atoms with Gasteiger partial charge in [-0.05, 0) is 50.6 Å². The van der Waals surface area contributed by atoms with Crippen LogP contribution in [0.15, 0.2) is 52.3 Å². The van der Waals surface area contributed by atoms with Gasteiger partial charge < -0.3 is 5.32 Å². The summed E-state index contributed by atoms with van der Waals surface area (Å²) in [4.78, 5) is 12.6. The number of halogens is 1. The quantitative estimate of drug-likeness (QED) is 0.691.